The first-order valence-electron chi connectivity index (χ1n) is 2.03. The molecule has 3 N–H and O–H groups in total. The van der Waals surface area contributed by atoms with Crippen molar-refractivity contribution in [3.05, 3.63) is 11.8 Å². The Balaban J connectivity index is 0.000000640. The van der Waals surface area contributed by atoms with Gasteiger partial charge < -0.3 is 5.73 Å². The van der Waals surface area contributed by atoms with Gasteiger partial charge in [-0.05, 0) is 0 Å². The van der Waals surface area contributed by atoms with Gasteiger partial charge >= 0.3 is 0 Å². The molecule has 0 saturated heterocycles. The van der Waals surface area contributed by atoms with E-state index in [0.717, 1.165) is 0 Å². The Bertz CT molecular complexity index is 219. The van der Waals surface area contributed by atoms with Gasteiger partial charge in [0.2, 0.25) is 0 Å². The van der Waals surface area contributed by atoms with E-state index in [1.54, 1.807) is 0 Å². The summed E-state index contributed by atoms with van der Waals surface area (Å²) in [7, 11) is 0. The predicted octanol–water partition coefficient (Wildman–Crippen LogP) is 0.500. The molecule has 0 aliphatic carbocycles. The fraction of sp³-hybridized carbons (Fsp3) is 0.200. The molecule has 0 aromatic carbocycles. The molecular formula is C5H8N4. The van der Waals surface area contributed by atoms with Crippen molar-refractivity contribution in [2.24, 2.45) is 0 Å². The van der Waals surface area contributed by atoms with E-state index in [1.165, 1.54) is 6.20 Å². The fourth-order valence-electron chi connectivity index (χ4n) is 0.385. The van der Waals surface area contributed by atoms with Crippen LogP contribution in [0.4, 0.5) is 5.82 Å². The van der Waals surface area contributed by atoms with E-state index >= 15 is 0 Å². The number of H-pyrrole nitrogens is 1. The minimum Gasteiger partial charge on any atom is -0.383 e. The molecule has 0 atom stereocenters. The zero-order valence-corrected chi connectivity index (χ0v) is 4.05. The number of nitrogens with two attached hydrogens (primary N) is 1. The van der Waals surface area contributed by atoms with E-state index < -0.39 is 0 Å². The van der Waals surface area contributed by atoms with Crippen LogP contribution in [0.5, 0.6) is 0 Å². The Labute approximate surface area is 53.3 Å². The molecule has 0 saturated carbocycles. The number of aromatic amines is 1. The number of nitrogens with zero attached hydrogens (tertiary/aromatic N) is 2. The highest BCUT2D eigenvalue weighted by molar-refractivity contribution is 5.45. The second-order valence-corrected chi connectivity index (χ2v) is 1.31. The summed E-state index contributed by atoms with van der Waals surface area (Å²) in [5.74, 6) is 0.326. The summed E-state index contributed by atoms with van der Waals surface area (Å²) in [6, 6.07) is 1.86. The van der Waals surface area contributed by atoms with Crippen molar-refractivity contribution in [2.45, 2.75) is 7.43 Å². The van der Waals surface area contributed by atoms with Crippen LogP contribution in [0.3, 0.4) is 0 Å². The summed E-state index contributed by atoms with van der Waals surface area (Å²) in [4.78, 5) is 0. The quantitative estimate of drug-likeness (QED) is 0.528. The molecule has 0 unspecified atom stereocenters. The third-order valence-electron chi connectivity index (χ3n) is 0.789. The number of aromatic nitrogens is 2. The highest BCUT2D eigenvalue weighted by Gasteiger charge is 1.94. The van der Waals surface area contributed by atoms with Crippen LogP contribution in [0.25, 0.3) is 0 Å². The van der Waals surface area contributed by atoms with Gasteiger partial charge in [-0.3, -0.25) is 5.10 Å². The molecule has 0 bridgehead atoms. The molecule has 1 aromatic rings. The molecule has 1 heterocycles. The monoisotopic (exact) mass is 124 g/mol. The van der Waals surface area contributed by atoms with Gasteiger partial charge in [0.15, 0.2) is 0 Å². The zero-order valence-electron chi connectivity index (χ0n) is 4.05. The van der Waals surface area contributed by atoms with Crippen molar-refractivity contribution in [1.82, 2.24) is 10.2 Å². The largest absolute Gasteiger partial charge is 0.383 e. The average Bonchev–Trinajstić information content (AvgIpc) is 2.14. The molecule has 9 heavy (non-hydrogen) atoms. The smallest absolute Gasteiger partial charge is 0.137 e. The lowest BCUT2D eigenvalue weighted by molar-refractivity contribution is 1.10. The number of nitrogens with one attached hydrogen (secondary N) is 1. The Kier molecular flexibility index (Phi) is 2.27. The minimum absolute atomic E-state index is 0. The third-order valence-corrected chi connectivity index (χ3v) is 0.789. The molecule has 4 heteroatoms. The van der Waals surface area contributed by atoms with Crippen LogP contribution < -0.4 is 5.73 Å². The molecule has 1 rings (SSSR count). The maximum absolute atomic E-state index is 8.22. The fourth-order valence-corrected chi connectivity index (χ4v) is 0.385. The maximum atomic E-state index is 8.22. The van der Waals surface area contributed by atoms with Gasteiger partial charge in [-0.2, -0.15) is 10.4 Å². The molecule has 0 radical (unpaired) electrons. The molecule has 1 aromatic heterocycles. The topological polar surface area (TPSA) is 78.5 Å². The summed E-state index contributed by atoms with van der Waals surface area (Å²) < 4.78 is 0. The van der Waals surface area contributed by atoms with Crippen LogP contribution in [0, 0.1) is 11.3 Å². The summed E-state index contributed by atoms with van der Waals surface area (Å²) in [6.07, 6.45) is 1.38. The minimum atomic E-state index is 0. The average molecular weight is 124 g/mol. The number of hydrogen-bond acceptors (Lipinski definition) is 3. The van der Waals surface area contributed by atoms with Crippen molar-refractivity contribution in [2.75, 3.05) is 5.73 Å². The van der Waals surface area contributed by atoms with E-state index in [0.29, 0.717) is 11.4 Å². The van der Waals surface area contributed by atoms with Gasteiger partial charge in [-0.15, -0.1) is 0 Å². The van der Waals surface area contributed by atoms with Crippen LogP contribution >= 0.6 is 0 Å². The summed E-state index contributed by atoms with van der Waals surface area (Å²) in [5.41, 5.74) is 5.60. The van der Waals surface area contributed by atoms with E-state index in [2.05, 4.69) is 10.2 Å². The van der Waals surface area contributed by atoms with E-state index in [4.69, 9.17) is 11.0 Å². The standard InChI is InChI=1S/C4H4N4.CH4/c5-1-3-2-7-8-4(3)6;/h2H,(H3,6,7,8);1H4. The van der Waals surface area contributed by atoms with E-state index in [-0.39, 0.29) is 7.43 Å². The lowest BCUT2D eigenvalue weighted by Gasteiger charge is -1.77. The van der Waals surface area contributed by atoms with Crippen LogP contribution in [-0.2, 0) is 0 Å². The highest BCUT2D eigenvalue weighted by Crippen LogP contribution is 2.01. The lowest BCUT2D eigenvalue weighted by atomic mass is 10.4. The van der Waals surface area contributed by atoms with Crippen LogP contribution in [0.15, 0.2) is 6.20 Å². The SMILES string of the molecule is C.N#Cc1cn[nH]c1N. The van der Waals surface area contributed by atoms with Crippen molar-refractivity contribution in [1.29, 1.82) is 5.26 Å². The number of nitriles is 1. The van der Waals surface area contributed by atoms with Crippen LogP contribution in [0.1, 0.15) is 13.0 Å². The maximum Gasteiger partial charge on any atom is 0.137 e. The predicted molar refractivity (Wildman–Crippen MR) is 34.4 cm³/mol. The van der Waals surface area contributed by atoms with Gasteiger partial charge in [0.1, 0.15) is 17.5 Å². The Hall–Kier alpha value is -1.50. The summed E-state index contributed by atoms with van der Waals surface area (Å²) in [6.45, 7) is 0. The number of hydrogen-bond donors (Lipinski definition) is 2. The first-order chi connectivity index (χ1) is 3.84. The lowest BCUT2D eigenvalue weighted by Crippen LogP contribution is -1.85. The molecular weight excluding hydrogens is 116 g/mol. The molecule has 48 valence electrons. The molecule has 0 amide bonds. The van der Waals surface area contributed by atoms with Crippen molar-refractivity contribution < 1.29 is 0 Å². The van der Waals surface area contributed by atoms with Gasteiger partial charge in [0, 0.05) is 0 Å². The van der Waals surface area contributed by atoms with Gasteiger partial charge in [-0.25, -0.2) is 0 Å². The van der Waals surface area contributed by atoms with Gasteiger partial charge in [-0.1, -0.05) is 7.43 Å². The molecule has 0 aliphatic heterocycles. The summed E-state index contributed by atoms with van der Waals surface area (Å²) >= 11 is 0. The van der Waals surface area contributed by atoms with E-state index in [1.807, 2.05) is 6.07 Å². The third kappa shape index (κ3) is 1.19. The highest BCUT2D eigenvalue weighted by atomic mass is 15.1. The second kappa shape index (κ2) is 2.72. The van der Waals surface area contributed by atoms with Gasteiger partial charge in [0.05, 0.1) is 6.20 Å². The van der Waals surface area contributed by atoms with E-state index in [9.17, 15) is 0 Å². The summed E-state index contributed by atoms with van der Waals surface area (Å²) in [5, 5.41) is 14.2. The number of anilines is 1. The molecule has 4 nitrogen and oxygen atoms in total. The van der Waals surface area contributed by atoms with Crippen LogP contribution in [-0.4, -0.2) is 10.2 Å². The zero-order chi connectivity index (χ0) is 5.98. The Morgan fingerprint density at radius 2 is 2.44 bits per heavy atom. The van der Waals surface area contributed by atoms with Crippen molar-refractivity contribution in [3.63, 3.8) is 0 Å². The Morgan fingerprint density at radius 3 is 2.67 bits per heavy atom. The molecule has 0 fully saturated rings. The van der Waals surface area contributed by atoms with Crippen molar-refractivity contribution in [3.8, 4) is 6.07 Å². The van der Waals surface area contributed by atoms with Gasteiger partial charge in [0.25, 0.3) is 0 Å². The number of rotatable bonds is 0. The Morgan fingerprint density at radius 1 is 1.78 bits per heavy atom. The molecule has 0 aliphatic rings. The molecule has 0 spiro atoms. The normalized spacial score (nSPS) is 7.44. The second-order valence-electron chi connectivity index (χ2n) is 1.31. The first-order valence-corrected chi connectivity index (χ1v) is 2.03. The number of nitrogen functional groups attached to an aromatic ring is 1. The van der Waals surface area contributed by atoms with Crippen LogP contribution in [0.2, 0.25) is 0 Å². The van der Waals surface area contributed by atoms with Crippen molar-refractivity contribution >= 4 is 5.82 Å². The first kappa shape index (κ1) is 7.50.